The van der Waals surface area contributed by atoms with Gasteiger partial charge in [0.05, 0.1) is 4.43 Å². The normalized spacial score (nSPS) is 9.64. The van der Waals surface area contributed by atoms with Gasteiger partial charge >= 0.3 is 0 Å². The van der Waals surface area contributed by atoms with E-state index in [9.17, 15) is 4.79 Å². The lowest BCUT2D eigenvalue weighted by molar-refractivity contribution is -0.115. The van der Waals surface area contributed by atoms with Gasteiger partial charge in [-0.3, -0.25) is 9.69 Å². The van der Waals surface area contributed by atoms with Gasteiger partial charge in [0.1, 0.15) is 6.26 Å². The highest BCUT2D eigenvalue weighted by atomic mass is 127. The Hall–Kier alpha value is -0.590. The summed E-state index contributed by atoms with van der Waals surface area (Å²) in [6.07, 6.45) is 1.44. The maximum Gasteiger partial charge on any atom is 0.237 e. The molecule has 0 bridgehead atoms. The van der Waals surface area contributed by atoms with Crippen LogP contribution in [-0.2, 0) is 4.79 Å². The minimum absolute atomic E-state index is 0.0134. The van der Waals surface area contributed by atoms with Crippen molar-refractivity contribution in [2.24, 2.45) is 0 Å². The Bertz CT molecular complexity index is 235. The van der Waals surface area contributed by atoms with E-state index in [2.05, 4.69) is 9.68 Å². The third-order valence-corrected chi connectivity index (χ3v) is 1.91. The molecule has 1 amide bonds. The minimum Gasteiger partial charge on any atom is -0.363 e. The predicted octanol–water partition coefficient (Wildman–Crippen LogP) is 1.07. The van der Waals surface area contributed by atoms with Crippen molar-refractivity contribution in [1.29, 1.82) is 0 Å². The van der Waals surface area contributed by atoms with Crippen LogP contribution in [0.15, 0.2) is 16.9 Å². The van der Waals surface area contributed by atoms with Crippen molar-refractivity contribution in [3.05, 3.63) is 12.3 Å². The van der Waals surface area contributed by atoms with Crippen LogP contribution in [0.1, 0.15) is 0 Å². The van der Waals surface area contributed by atoms with Crippen molar-refractivity contribution < 1.29 is 9.32 Å². The molecule has 11 heavy (non-hydrogen) atoms. The van der Waals surface area contributed by atoms with Crippen LogP contribution < -0.4 is 4.90 Å². The Balaban J connectivity index is 2.70. The van der Waals surface area contributed by atoms with Gasteiger partial charge < -0.3 is 4.52 Å². The van der Waals surface area contributed by atoms with E-state index in [4.69, 9.17) is 0 Å². The molecule has 0 spiro atoms. The summed E-state index contributed by atoms with van der Waals surface area (Å²) < 4.78 is 5.03. The molecule has 4 nitrogen and oxygen atoms in total. The molecule has 0 saturated carbocycles. The van der Waals surface area contributed by atoms with Gasteiger partial charge in [-0.2, -0.15) is 0 Å². The first-order valence-corrected chi connectivity index (χ1v) is 4.51. The number of rotatable bonds is 2. The van der Waals surface area contributed by atoms with E-state index >= 15 is 0 Å². The van der Waals surface area contributed by atoms with Crippen LogP contribution in [0.3, 0.4) is 0 Å². The van der Waals surface area contributed by atoms with Gasteiger partial charge in [0.25, 0.3) is 0 Å². The summed E-state index contributed by atoms with van der Waals surface area (Å²) >= 11 is 2.00. The van der Waals surface area contributed by atoms with E-state index in [1.807, 2.05) is 22.6 Å². The summed E-state index contributed by atoms with van der Waals surface area (Å²) in [4.78, 5) is 12.5. The molecule has 60 valence electrons. The first-order chi connectivity index (χ1) is 5.25. The zero-order valence-electron chi connectivity index (χ0n) is 5.95. The summed E-state index contributed by atoms with van der Waals surface area (Å²) in [6, 6.07) is 1.64. The van der Waals surface area contributed by atoms with Gasteiger partial charge in [0, 0.05) is 13.1 Å². The summed E-state index contributed by atoms with van der Waals surface area (Å²) in [5.41, 5.74) is 0. The summed E-state index contributed by atoms with van der Waals surface area (Å²) in [7, 11) is 1.67. The van der Waals surface area contributed by atoms with Crippen LogP contribution in [0.4, 0.5) is 5.82 Å². The van der Waals surface area contributed by atoms with Crippen LogP contribution in [0.2, 0.25) is 0 Å². The van der Waals surface area contributed by atoms with Gasteiger partial charge in [-0.1, -0.05) is 27.7 Å². The van der Waals surface area contributed by atoms with Gasteiger partial charge in [-0.25, -0.2) is 0 Å². The monoisotopic (exact) mass is 266 g/mol. The van der Waals surface area contributed by atoms with Crippen molar-refractivity contribution in [2.45, 2.75) is 0 Å². The molecule has 0 radical (unpaired) electrons. The van der Waals surface area contributed by atoms with Crippen LogP contribution in [-0.4, -0.2) is 22.5 Å². The third-order valence-electron chi connectivity index (χ3n) is 1.26. The molecule has 0 N–H and O–H groups in total. The molecule has 1 aromatic rings. The van der Waals surface area contributed by atoms with Crippen LogP contribution in [0.5, 0.6) is 0 Å². The fourth-order valence-corrected chi connectivity index (χ4v) is 1.11. The fraction of sp³-hybridized carbons (Fsp3) is 0.333. The Labute approximate surface area is 77.7 Å². The number of nitrogens with zero attached hydrogens (tertiary/aromatic N) is 2. The van der Waals surface area contributed by atoms with E-state index in [1.54, 1.807) is 13.1 Å². The lowest BCUT2D eigenvalue weighted by Gasteiger charge is -2.10. The molecular weight excluding hydrogens is 259 g/mol. The lowest BCUT2D eigenvalue weighted by Crippen LogP contribution is -2.27. The molecule has 0 aliphatic heterocycles. The van der Waals surface area contributed by atoms with E-state index in [0.29, 0.717) is 10.2 Å². The number of amides is 1. The second kappa shape index (κ2) is 3.70. The molecule has 1 aromatic heterocycles. The smallest absolute Gasteiger partial charge is 0.237 e. The zero-order chi connectivity index (χ0) is 8.27. The highest BCUT2D eigenvalue weighted by molar-refractivity contribution is 14.1. The Morgan fingerprint density at radius 1 is 1.91 bits per heavy atom. The molecule has 1 heterocycles. The van der Waals surface area contributed by atoms with Crippen molar-refractivity contribution in [2.75, 3.05) is 16.4 Å². The number of alkyl halides is 1. The van der Waals surface area contributed by atoms with Crippen LogP contribution >= 0.6 is 22.6 Å². The summed E-state index contributed by atoms with van der Waals surface area (Å²) in [6.45, 7) is 0. The Morgan fingerprint density at radius 3 is 3.09 bits per heavy atom. The van der Waals surface area contributed by atoms with Gasteiger partial charge in [-0.15, -0.1) is 0 Å². The molecule has 0 fully saturated rings. The maximum atomic E-state index is 11.0. The number of carbonyl (C=O) groups excluding carboxylic acids is 1. The maximum absolute atomic E-state index is 11.0. The Kier molecular flexibility index (Phi) is 2.86. The fourth-order valence-electron chi connectivity index (χ4n) is 0.597. The van der Waals surface area contributed by atoms with Crippen molar-refractivity contribution >= 4 is 34.3 Å². The van der Waals surface area contributed by atoms with E-state index in [0.717, 1.165) is 0 Å². The molecule has 0 saturated heterocycles. The molecule has 0 aliphatic carbocycles. The number of aromatic nitrogens is 1. The first kappa shape index (κ1) is 8.51. The van der Waals surface area contributed by atoms with E-state index < -0.39 is 0 Å². The third kappa shape index (κ3) is 1.92. The summed E-state index contributed by atoms with van der Waals surface area (Å²) in [5.74, 6) is 0.561. The SMILES string of the molecule is CN(C(=O)CI)c1ccon1. The summed E-state index contributed by atoms with van der Waals surface area (Å²) in [5, 5.41) is 3.61. The molecule has 0 atom stereocenters. The van der Waals surface area contributed by atoms with Crippen molar-refractivity contribution in [1.82, 2.24) is 5.16 Å². The molecule has 1 rings (SSSR count). The predicted molar refractivity (Wildman–Crippen MR) is 48.8 cm³/mol. The van der Waals surface area contributed by atoms with Crippen molar-refractivity contribution in [3.8, 4) is 0 Å². The molecular formula is C6H7IN2O2. The van der Waals surface area contributed by atoms with E-state index in [1.165, 1.54) is 11.2 Å². The Morgan fingerprint density at radius 2 is 2.64 bits per heavy atom. The lowest BCUT2D eigenvalue weighted by atomic mass is 10.5. The van der Waals surface area contributed by atoms with E-state index in [-0.39, 0.29) is 5.91 Å². The highest BCUT2D eigenvalue weighted by Gasteiger charge is 2.10. The number of carbonyl (C=O) groups is 1. The number of anilines is 1. The second-order valence-corrected chi connectivity index (χ2v) is 2.71. The zero-order valence-corrected chi connectivity index (χ0v) is 8.11. The highest BCUT2D eigenvalue weighted by Crippen LogP contribution is 2.08. The number of halogens is 1. The molecule has 0 unspecified atom stereocenters. The van der Waals surface area contributed by atoms with Crippen LogP contribution in [0.25, 0.3) is 0 Å². The first-order valence-electron chi connectivity index (χ1n) is 2.98. The largest absolute Gasteiger partial charge is 0.363 e. The topological polar surface area (TPSA) is 46.3 Å². The average Bonchev–Trinajstić information content (AvgIpc) is 2.53. The quantitative estimate of drug-likeness (QED) is 0.594. The number of hydrogen-bond donors (Lipinski definition) is 0. The average molecular weight is 266 g/mol. The number of hydrogen-bond acceptors (Lipinski definition) is 3. The van der Waals surface area contributed by atoms with Crippen LogP contribution in [0, 0.1) is 0 Å². The minimum atomic E-state index is 0.0134. The molecule has 0 aromatic carbocycles. The standard InChI is InChI=1S/C6H7IN2O2/c1-9(6(10)4-7)5-2-3-11-8-5/h2-3H,4H2,1H3. The van der Waals surface area contributed by atoms with Gasteiger partial charge in [0.2, 0.25) is 5.91 Å². The van der Waals surface area contributed by atoms with Crippen molar-refractivity contribution in [3.63, 3.8) is 0 Å². The van der Waals surface area contributed by atoms with Gasteiger partial charge in [0.15, 0.2) is 5.82 Å². The molecule has 0 aliphatic rings. The molecule has 5 heteroatoms. The second-order valence-electron chi connectivity index (χ2n) is 1.94. The van der Waals surface area contributed by atoms with Gasteiger partial charge in [-0.05, 0) is 0 Å².